The fraction of sp³-hybridized carbons (Fsp3) is 0.800. The van der Waals surface area contributed by atoms with Crippen LogP contribution in [-0.4, -0.2) is 38.2 Å². The molecule has 9 heavy (non-hydrogen) atoms. The summed E-state index contributed by atoms with van der Waals surface area (Å²) in [6.07, 6.45) is -1.38. The van der Waals surface area contributed by atoms with Gasteiger partial charge >= 0.3 is 6.16 Å². The van der Waals surface area contributed by atoms with Crippen LogP contribution in [0.2, 0.25) is 0 Å². The van der Waals surface area contributed by atoms with E-state index in [9.17, 15) is 9.18 Å². The molecule has 4 heteroatoms. The van der Waals surface area contributed by atoms with Crippen molar-refractivity contribution in [1.82, 2.24) is 10.2 Å². The number of nitrogens with one attached hydrogen (secondary N) is 1. The lowest BCUT2D eigenvalue weighted by atomic mass is 10.6. The summed E-state index contributed by atoms with van der Waals surface area (Å²) in [5.74, 6) is 0. The Morgan fingerprint density at radius 3 is 2.67 bits per heavy atom. The van der Waals surface area contributed by atoms with E-state index in [1.807, 2.05) is 0 Å². The monoisotopic (exact) mass is 134 g/mol. The van der Waals surface area contributed by atoms with E-state index in [2.05, 4.69) is 5.32 Å². The van der Waals surface area contributed by atoms with Crippen molar-refractivity contribution in [1.29, 1.82) is 0 Å². The van der Waals surface area contributed by atoms with Crippen LogP contribution >= 0.6 is 0 Å². The van der Waals surface area contributed by atoms with Gasteiger partial charge in [-0.05, 0) is 7.05 Å². The molecule has 0 spiro atoms. The van der Waals surface area contributed by atoms with Gasteiger partial charge in [0.2, 0.25) is 0 Å². The van der Waals surface area contributed by atoms with Crippen LogP contribution in [0.15, 0.2) is 0 Å². The lowest BCUT2D eigenvalue weighted by molar-refractivity contribution is 0.186. The smallest absolute Gasteiger partial charge is 0.318 e. The van der Waals surface area contributed by atoms with Crippen molar-refractivity contribution in [3.63, 3.8) is 0 Å². The Balaban J connectivity index is 3.27. The maximum absolute atomic E-state index is 11.7. The molecule has 0 aromatic carbocycles. The van der Waals surface area contributed by atoms with Crippen LogP contribution in [0, 0.1) is 0 Å². The number of carbonyl (C=O) groups is 1. The Morgan fingerprint density at radius 1 is 1.78 bits per heavy atom. The van der Waals surface area contributed by atoms with Crippen molar-refractivity contribution in [2.75, 3.05) is 27.2 Å². The predicted octanol–water partition coefficient (Wildman–Crippen LogP) is 0.227. The number of hydrogen-bond acceptors (Lipinski definition) is 2. The summed E-state index contributed by atoms with van der Waals surface area (Å²) in [4.78, 5) is 10.9. The van der Waals surface area contributed by atoms with Gasteiger partial charge in [-0.2, -0.15) is 0 Å². The Kier molecular flexibility index (Phi) is 3.96. The quantitative estimate of drug-likeness (QED) is 0.442. The minimum Gasteiger partial charge on any atom is -0.318 e. The largest absolute Gasteiger partial charge is 0.399 e. The molecule has 0 aliphatic carbocycles. The molecule has 0 radical (unpaired) electrons. The Morgan fingerprint density at radius 2 is 2.33 bits per heavy atom. The van der Waals surface area contributed by atoms with Crippen LogP contribution in [0.1, 0.15) is 0 Å². The van der Waals surface area contributed by atoms with E-state index >= 15 is 0 Å². The summed E-state index contributed by atoms with van der Waals surface area (Å²) in [7, 11) is 3.16. The van der Waals surface area contributed by atoms with Gasteiger partial charge in [0.1, 0.15) is 0 Å². The minimum absolute atomic E-state index is 0.409. The van der Waals surface area contributed by atoms with Crippen LogP contribution in [0.25, 0.3) is 0 Å². The first-order valence-electron chi connectivity index (χ1n) is 2.73. The topological polar surface area (TPSA) is 32.3 Å². The molecule has 54 valence electrons. The molecule has 0 aromatic rings. The summed E-state index contributed by atoms with van der Waals surface area (Å²) >= 11 is 0. The molecule has 0 saturated carbocycles. The van der Waals surface area contributed by atoms with E-state index in [0.717, 1.165) is 4.90 Å². The Hall–Kier alpha value is -0.640. The Bertz CT molecular complexity index is 97.0. The van der Waals surface area contributed by atoms with E-state index in [1.165, 1.54) is 7.05 Å². The van der Waals surface area contributed by atoms with Gasteiger partial charge in [0.25, 0.3) is 0 Å². The van der Waals surface area contributed by atoms with Crippen molar-refractivity contribution in [2.24, 2.45) is 0 Å². The normalized spacial score (nSPS) is 9.22. The van der Waals surface area contributed by atoms with Crippen molar-refractivity contribution in [2.45, 2.75) is 0 Å². The summed E-state index contributed by atoms with van der Waals surface area (Å²) in [6.45, 7) is 1.03. The van der Waals surface area contributed by atoms with E-state index in [1.54, 1.807) is 7.05 Å². The van der Waals surface area contributed by atoms with Gasteiger partial charge in [0.15, 0.2) is 0 Å². The molecule has 0 aromatic heterocycles. The standard InChI is InChI=1S/C5H11FN2O/c1-7-3-4-8(2)5(6)9/h7H,3-4H2,1-2H3. The first-order chi connectivity index (χ1) is 4.18. The van der Waals surface area contributed by atoms with Crippen molar-refractivity contribution in [3.8, 4) is 0 Å². The van der Waals surface area contributed by atoms with E-state index < -0.39 is 6.16 Å². The second kappa shape index (κ2) is 4.26. The average Bonchev–Trinajstić information content (AvgIpc) is 1.82. The number of rotatable bonds is 3. The summed E-state index contributed by atoms with van der Waals surface area (Å²) in [5, 5.41) is 2.79. The first-order valence-corrected chi connectivity index (χ1v) is 2.73. The molecule has 3 nitrogen and oxygen atoms in total. The number of amides is 1. The summed E-state index contributed by atoms with van der Waals surface area (Å²) in [5.41, 5.74) is 0. The molecule has 0 aliphatic heterocycles. The van der Waals surface area contributed by atoms with Gasteiger partial charge < -0.3 is 10.2 Å². The zero-order valence-electron chi connectivity index (χ0n) is 5.65. The second-order valence-electron chi connectivity index (χ2n) is 1.78. The summed E-state index contributed by atoms with van der Waals surface area (Å²) in [6, 6.07) is 0. The number of carbonyl (C=O) groups excluding carboxylic acids is 1. The molecule has 0 saturated heterocycles. The van der Waals surface area contributed by atoms with Gasteiger partial charge in [-0.15, -0.1) is 4.39 Å². The van der Waals surface area contributed by atoms with Gasteiger partial charge in [-0.25, -0.2) is 4.79 Å². The zero-order valence-corrected chi connectivity index (χ0v) is 5.65. The summed E-state index contributed by atoms with van der Waals surface area (Å²) < 4.78 is 11.7. The van der Waals surface area contributed by atoms with Crippen molar-refractivity contribution in [3.05, 3.63) is 0 Å². The molecule has 0 aliphatic rings. The fourth-order valence-electron chi connectivity index (χ4n) is 0.367. The van der Waals surface area contributed by atoms with Crippen LogP contribution in [0.4, 0.5) is 9.18 Å². The third kappa shape index (κ3) is 3.90. The highest BCUT2D eigenvalue weighted by Crippen LogP contribution is 1.84. The van der Waals surface area contributed by atoms with E-state index in [4.69, 9.17) is 0 Å². The highest BCUT2D eigenvalue weighted by atomic mass is 19.1. The number of nitrogens with zero attached hydrogens (tertiary/aromatic N) is 1. The maximum Gasteiger partial charge on any atom is 0.399 e. The molecule has 1 amide bonds. The van der Waals surface area contributed by atoms with Crippen molar-refractivity contribution < 1.29 is 9.18 Å². The molecule has 0 fully saturated rings. The average molecular weight is 134 g/mol. The van der Waals surface area contributed by atoms with Crippen LogP contribution < -0.4 is 5.32 Å². The van der Waals surface area contributed by atoms with Crippen LogP contribution in [0.5, 0.6) is 0 Å². The fourth-order valence-corrected chi connectivity index (χ4v) is 0.367. The number of halogens is 1. The van der Waals surface area contributed by atoms with Crippen LogP contribution in [-0.2, 0) is 0 Å². The first kappa shape index (κ1) is 8.36. The molecular formula is C5H11FN2O. The van der Waals surface area contributed by atoms with Gasteiger partial charge in [0.05, 0.1) is 0 Å². The molecule has 0 rings (SSSR count). The third-order valence-electron chi connectivity index (χ3n) is 0.997. The predicted molar refractivity (Wildman–Crippen MR) is 33.1 cm³/mol. The minimum atomic E-state index is -1.38. The van der Waals surface area contributed by atoms with Gasteiger partial charge in [-0.3, -0.25) is 0 Å². The second-order valence-corrected chi connectivity index (χ2v) is 1.78. The highest BCUT2D eigenvalue weighted by molar-refractivity contribution is 5.65. The van der Waals surface area contributed by atoms with E-state index in [-0.39, 0.29) is 0 Å². The molecule has 0 bridgehead atoms. The van der Waals surface area contributed by atoms with Gasteiger partial charge in [-0.1, -0.05) is 0 Å². The lowest BCUT2D eigenvalue weighted by Gasteiger charge is -2.10. The molecular weight excluding hydrogens is 123 g/mol. The SMILES string of the molecule is CNCCN(C)C(=O)F. The molecule has 0 unspecified atom stereocenters. The van der Waals surface area contributed by atoms with Crippen LogP contribution in [0.3, 0.4) is 0 Å². The molecule has 0 atom stereocenters. The number of hydrogen-bond donors (Lipinski definition) is 1. The number of likely N-dealkylation sites (N-methyl/N-ethyl adjacent to an activating group) is 2. The molecule has 1 N–H and O–H groups in total. The van der Waals surface area contributed by atoms with Crippen molar-refractivity contribution >= 4 is 6.16 Å². The van der Waals surface area contributed by atoms with Gasteiger partial charge in [0, 0.05) is 20.1 Å². The highest BCUT2D eigenvalue weighted by Gasteiger charge is 2.02. The molecule has 0 heterocycles. The van der Waals surface area contributed by atoms with E-state index in [0.29, 0.717) is 13.1 Å². The lowest BCUT2D eigenvalue weighted by Crippen LogP contribution is -2.29. The maximum atomic E-state index is 11.7. The zero-order chi connectivity index (χ0) is 7.28. The third-order valence-corrected chi connectivity index (χ3v) is 0.997. The Labute approximate surface area is 53.8 Å².